The lowest BCUT2D eigenvalue weighted by atomic mass is 9.84. The molecule has 2 heterocycles. The second-order valence-electron chi connectivity index (χ2n) is 9.52. The van der Waals surface area contributed by atoms with Crippen LogP contribution in [0, 0.1) is 23.1 Å². The molecule has 1 aromatic heterocycles. The van der Waals surface area contributed by atoms with Crippen LogP contribution in [0.3, 0.4) is 0 Å². The van der Waals surface area contributed by atoms with Crippen LogP contribution in [0.2, 0.25) is 0 Å². The van der Waals surface area contributed by atoms with Crippen molar-refractivity contribution in [2.24, 2.45) is 11.7 Å². The van der Waals surface area contributed by atoms with Crippen LogP contribution in [-0.2, 0) is 26.9 Å². The van der Waals surface area contributed by atoms with E-state index in [0.717, 1.165) is 25.2 Å². The third-order valence-electron chi connectivity index (χ3n) is 6.52. The summed E-state index contributed by atoms with van der Waals surface area (Å²) in [4.78, 5) is 26.3. The van der Waals surface area contributed by atoms with Crippen molar-refractivity contribution in [3.05, 3.63) is 41.3 Å². The summed E-state index contributed by atoms with van der Waals surface area (Å²) in [6.07, 6.45) is 5.25. The van der Waals surface area contributed by atoms with E-state index in [1.165, 1.54) is 12.3 Å². The highest BCUT2D eigenvalue weighted by molar-refractivity contribution is 7.92. The molecule has 192 valence electrons. The van der Waals surface area contributed by atoms with Gasteiger partial charge in [-0.15, -0.1) is 0 Å². The Hall–Kier alpha value is -3.50. The van der Waals surface area contributed by atoms with Crippen molar-refractivity contribution in [2.45, 2.75) is 44.2 Å². The molecule has 2 amide bonds. The minimum absolute atomic E-state index is 0.0804. The molecule has 2 aliphatic rings. The Kier molecular flexibility index (Phi) is 7.01. The number of likely N-dealkylation sites (tertiary alicyclic amines) is 1. The van der Waals surface area contributed by atoms with Gasteiger partial charge in [0.2, 0.25) is 15.9 Å². The Bertz CT molecular complexity index is 1320. The number of primary amides is 1. The molecule has 0 bridgehead atoms. The summed E-state index contributed by atoms with van der Waals surface area (Å²) in [6.45, 7) is 1.47. The molecule has 4 N–H and O–H groups in total. The van der Waals surface area contributed by atoms with Gasteiger partial charge in [-0.25, -0.2) is 12.8 Å². The zero-order valence-corrected chi connectivity index (χ0v) is 20.6. The monoisotopic (exact) mass is 517 g/mol. The second kappa shape index (κ2) is 9.87. The molecule has 13 heteroatoms. The summed E-state index contributed by atoms with van der Waals surface area (Å²) in [5.41, 5.74) is 5.67. The molecular formula is C23H28FN7O4S. The molecule has 36 heavy (non-hydrogen) atoms. The number of sulfonamides is 1. The zero-order chi connectivity index (χ0) is 26.1. The predicted octanol–water partition coefficient (Wildman–Crippen LogP) is 1.75. The van der Waals surface area contributed by atoms with Gasteiger partial charge in [0.1, 0.15) is 11.4 Å². The largest absolute Gasteiger partial charge is 0.365 e. The van der Waals surface area contributed by atoms with E-state index in [0.29, 0.717) is 38.0 Å². The highest BCUT2D eigenvalue weighted by atomic mass is 32.2. The van der Waals surface area contributed by atoms with Gasteiger partial charge in [0.15, 0.2) is 5.82 Å². The molecule has 1 aromatic carbocycles. The van der Waals surface area contributed by atoms with Crippen LogP contribution in [0.1, 0.15) is 48.0 Å². The molecule has 0 atom stereocenters. The molecule has 1 aliphatic carbocycles. The Labute approximate surface area is 208 Å². The Morgan fingerprint density at radius 2 is 1.97 bits per heavy atom. The van der Waals surface area contributed by atoms with Crippen molar-refractivity contribution in [3.63, 3.8) is 0 Å². The Morgan fingerprint density at radius 3 is 2.56 bits per heavy atom. The van der Waals surface area contributed by atoms with Crippen LogP contribution >= 0.6 is 0 Å². The third kappa shape index (κ3) is 6.00. The predicted molar refractivity (Wildman–Crippen MR) is 130 cm³/mol. The fraction of sp³-hybridized carbons (Fsp3) is 0.478. The Balaban J connectivity index is 1.50. The molecule has 2 aromatic rings. The van der Waals surface area contributed by atoms with E-state index in [1.54, 1.807) is 10.7 Å². The SMILES string of the molecule is CS(=O)(=O)Nc1cc(F)cc(CN2CCC(CC#N)(n3cc(C(N)=O)c(NC(=O)C4CC4)n3)CC2)c1. The number of hydrogen-bond acceptors (Lipinski definition) is 7. The first kappa shape index (κ1) is 25.6. The molecule has 2 fully saturated rings. The minimum atomic E-state index is -3.54. The van der Waals surface area contributed by atoms with E-state index in [4.69, 9.17) is 5.73 Å². The summed E-state index contributed by atoms with van der Waals surface area (Å²) < 4.78 is 41.0. The maximum atomic E-state index is 14.1. The number of piperidine rings is 1. The number of rotatable bonds is 9. The quantitative estimate of drug-likeness (QED) is 0.456. The van der Waals surface area contributed by atoms with E-state index < -0.39 is 27.3 Å². The van der Waals surface area contributed by atoms with Gasteiger partial charge in [-0.2, -0.15) is 10.4 Å². The number of halogens is 1. The summed E-state index contributed by atoms with van der Waals surface area (Å²) in [6, 6.07) is 6.26. The first-order valence-corrected chi connectivity index (χ1v) is 13.4. The molecule has 1 saturated carbocycles. The fourth-order valence-corrected chi connectivity index (χ4v) is 5.03. The van der Waals surface area contributed by atoms with E-state index in [-0.39, 0.29) is 35.3 Å². The van der Waals surface area contributed by atoms with Crippen LogP contribution in [0.5, 0.6) is 0 Å². The molecule has 1 aliphatic heterocycles. The van der Waals surface area contributed by atoms with Gasteiger partial charge in [-0.1, -0.05) is 0 Å². The molecule has 11 nitrogen and oxygen atoms in total. The lowest BCUT2D eigenvalue weighted by Gasteiger charge is -2.40. The maximum absolute atomic E-state index is 14.1. The number of anilines is 2. The number of carbonyl (C=O) groups excluding carboxylic acids is 2. The van der Waals surface area contributed by atoms with Crippen LogP contribution in [0.4, 0.5) is 15.9 Å². The smallest absolute Gasteiger partial charge is 0.254 e. The summed E-state index contributed by atoms with van der Waals surface area (Å²) in [7, 11) is -3.54. The average molecular weight is 518 g/mol. The van der Waals surface area contributed by atoms with Crippen LogP contribution in [0.15, 0.2) is 24.4 Å². The van der Waals surface area contributed by atoms with Gasteiger partial charge in [0.05, 0.1) is 30.0 Å². The van der Waals surface area contributed by atoms with Crippen LogP contribution in [-0.4, -0.2) is 54.3 Å². The fourth-order valence-electron chi connectivity index (χ4n) is 4.49. The average Bonchev–Trinajstić information content (AvgIpc) is 3.54. The van der Waals surface area contributed by atoms with Crippen molar-refractivity contribution in [1.29, 1.82) is 5.26 Å². The number of nitrogens with two attached hydrogens (primary N) is 1. The van der Waals surface area contributed by atoms with Gasteiger partial charge >= 0.3 is 0 Å². The standard InChI is InChI=1S/C23H28FN7O4S/c1-36(34,35)29-18-11-15(10-17(24)12-18)13-30-8-5-23(4-7-25,6-9-30)31-14-19(20(26)32)21(28-31)27-22(33)16-2-3-16/h10-12,14,16,29H,2-6,8-9,13H2,1H3,(H2,26,32)(H,27,28,33). The van der Waals surface area contributed by atoms with E-state index in [9.17, 15) is 27.7 Å². The second-order valence-corrected chi connectivity index (χ2v) is 11.3. The van der Waals surface area contributed by atoms with Gasteiger partial charge in [-0.3, -0.25) is 23.9 Å². The summed E-state index contributed by atoms with van der Waals surface area (Å²) in [5, 5.41) is 16.7. The molecule has 0 unspecified atom stereocenters. The number of hydrogen-bond donors (Lipinski definition) is 3. The first-order valence-electron chi connectivity index (χ1n) is 11.6. The van der Waals surface area contributed by atoms with Crippen molar-refractivity contribution in [1.82, 2.24) is 14.7 Å². The first-order chi connectivity index (χ1) is 17.0. The topological polar surface area (TPSA) is 163 Å². The van der Waals surface area contributed by atoms with E-state index in [2.05, 4.69) is 26.1 Å². The maximum Gasteiger partial charge on any atom is 0.254 e. The van der Waals surface area contributed by atoms with Gasteiger partial charge in [0.25, 0.3) is 5.91 Å². The summed E-state index contributed by atoms with van der Waals surface area (Å²) in [5.74, 6) is -1.45. The van der Waals surface area contributed by atoms with Crippen molar-refractivity contribution in [3.8, 4) is 6.07 Å². The molecule has 1 saturated heterocycles. The lowest BCUT2D eigenvalue weighted by molar-refractivity contribution is -0.117. The molecule has 0 radical (unpaired) electrons. The molecule has 4 rings (SSSR count). The summed E-state index contributed by atoms with van der Waals surface area (Å²) >= 11 is 0. The van der Waals surface area contributed by atoms with Crippen molar-refractivity contribution in [2.75, 3.05) is 29.4 Å². The number of benzene rings is 1. The minimum Gasteiger partial charge on any atom is -0.365 e. The van der Waals surface area contributed by atoms with Gasteiger partial charge < -0.3 is 11.1 Å². The number of nitriles is 1. The zero-order valence-electron chi connectivity index (χ0n) is 19.8. The highest BCUT2D eigenvalue weighted by Gasteiger charge is 2.39. The van der Waals surface area contributed by atoms with Gasteiger partial charge in [0, 0.05) is 31.7 Å². The van der Waals surface area contributed by atoms with E-state index in [1.807, 2.05) is 0 Å². The van der Waals surface area contributed by atoms with E-state index >= 15 is 0 Å². The normalized spacial score (nSPS) is 17.8. The number of amides is 2. The third-order valence-corrected chi connectivity index (χ3v) is 7.12. The number of nitrogens with zero attached hydrogens (tertiary/aromatic N) is 4. The van der Waals surface area contributed by atoms with Gasteiger partial charge in [-0.05, 0) is 49.4 Å². The highest BCUT2D eigenvalue weighted by Crippen LogP contribution is 2.36. The molecule has 0 spiro atoms. The Morgan fingerprint density at radius 1 is 1.28 bits per heavy atom. The van der Waals surface area contributed by atoms with Crippen LogP contribution < -0.4 is 15.8 Å². The molecular weight excluding hydrogens is 489 g/mol. The van der Waals surface area contributed by atoms with Crippen molar-refractivity contribution >= 4 is 33.3 Å². The lowest BCUT2D eigenvalue weighted by Crippen LogP contribution is -2.46. The number of carbonyl (C=O) groups is 2. The van der Waals surface area contributed by atoms with Crippen LogP contribution in [0.25, 0.3) is 0 Å². The number of aromatic nitrogens is 2. The van der Waals surface area contributed by atoms with Crippen molar-refractivity contribution < 1.29 is 22.4 Å². The number of nitrogens with one attached hydrogen (secondary N) is 2.